The largest absolute Gasteiger partial charge is 0.387 e. The Bertz CT molecular complexity index is 504. The Hall–Kier alpha value is -1.17. The minimum Gasteiger partial charge on any atom is -0.387 e. The number of hydrogen-bond acceptors (Lipinski definition) is 4. The first-order chi connectivity index (χ1) is 7.77. The average molecular weight is 235 g/mol. The molecule has 16 heavy (non-hydrogen) atoms. The van der Waals surface area contributed by atoms with Crippen molar-refractivity contribution < 1.29 is 5.11 Å². The van der Waals surface area contributed by atoms with Gasteiger partial charge >= 0.3 is 0 Å². The normalized spacial score (nSPS) is 19.8. The maximum absolute atomic E-state index is 9.94. The summed E-state index contributed by atoms with van der Waals surface area (Å²) in [6.07, 6.45) is -0.433. The van der Waals surface area contributed by atoms with Crippen molar-refractivity contribution in [3.63, 3.8) is 0 Å². The molecule has 1 aliphatic heterocycles. The zero-order valence-electron chi connectivity index (χ0n) is 8.97. The van der Waals surface area contributed by atoms with Gasteiger partial charge in [0.15, 0.2) is 0 Å². The molecular weight excluding hydrogens is 222 g/mol. The van der Waals surface area contributed by atoms with Crippen LogP contribution >= 0.6 is 11.3 Å². The summed E-state index contributed by atoms with van der Waals surface area (Å²) in [6.45, 7) is 3.37. The number of aliphatic hydroxyl groups excluding tert-OH is 1. The molecule has 0 aliphatic carbocycles. The molecule has 0 spiro atoms. The Labute approximate surface area is 97.5 Å². The molecule has 84 valence electrons. The van der Waals surface area contributed by atoms with Crippen LogP contribution in [0.3, 0.4) is 0 Å². The molecule has 1 unspecified atom stereocenters. The van der Waals surface area contributed by atoms with Gasteiger partial charge in [0.1, 0.15) is 5.00 Å². The number of fused-ring (bicyclic) bond motifs is 1. The molecule has 5 heteroatoms. The molecular formula is C11H13N3OS. The second-order valence-electron chi connectivity index (χ2n) is 3.96. The van der Waals surface area contributed by atoms with Gasteiger partial charge in [-0.05, 0) is 24.4 Å². The van der Waals surface area contributed by atoms with Gasteiger partial charge in [-0.2, -0.15) is 5.10 Å². The van der Waals surface area contributed by atoms with Gasteiger partial charge in [0, 0.05) is 24.3 Å². The van der Waals surface area contributed by atoms with E-state index in [1.165, 1.54) is 0 Å². The summed E-state index contributed by atoms with van der Waals surface area (Å²) in [5.41, 5.74) is 3.00. The van der Waals surface area contributed by atoms with E-state index in [-0.39, 0.29) is 0 Å². The highest BCUT2D eigenvalue weighted by Crippen LogP contribution is 2.28. The van der Waals surface area contributed by atoms with Gasteiger partial charge in [0.25, 0.3) is 0 Å². The van der Waals surface area contributed by atoms with Crippen LogP contribution in [0, 0.1) is 6.92 Å². The zero-order chi connectivity index (χ0) is 11.1. The van der Waals surface area contributed by atoms with Crippen LogP contribution in [0.25, 0.3) is 5.00 Å². The van der Waals surface area contributed by atoms with Crippen molar-refractivity contribution in [2.45, 2.75) is 19.6 Å². The molecule has 2 aromatic heterocycles. The Kier molecular flexibility index (Phi) is 2.31. The molecule has 0 radical (unpaired) electrons. The molecule has 2 aromatic rings. The lowest BCUT2D eigenvalue weighted by Crippen LogP contribution is -2.27. The number of aliphatic hydroxyl groups is 1. The molecule has 0 amide bonds. The highest BCUT2D eigenvalue weighted by Gasteiger charge is 2.25. The first kappa shape index (κ1) is 10.0. The van der Waals surface area contributed by atoms with Gasteiger partial charge in [-0.15, -0.1) is 11.3 Å². The number of hydrogen-bond donors (Lipinski definition) is 2. The molecule has 1 aliphatic rings. The Morgan fingerprint density at radius 3 is 3.19 bits per heavy atom. The molecule has 0 saturated carbocycles. The lowest BCUT2D eigenvalue weighted by atomic mass is 10.0. The van der Waals surface area contributed by atoms with Crippen molar-refractivity contribution in [1.82, 2.24) is 15.1 Å². The summed E-state index contributed by atoms with van der Waals surface area (Å²) in [4.78, 5) is 0. The predicted molar refractivity (Wildman–Crippen MR) is 62.8 cm³/mol. The smallest absolute Gasteiger partial charge is 0.117 e. The fraction of sp³-hybridized carbons (Fsp3) is 0.364. The third-order valence-corrected chi connectivity index (χ3v) is 3.76. The van der Waals surface area contributed by atoms with E-state index in [9.17, 15) is 5.11 Å². The van der Waals surface area contributed by atoms with Crippen LogP contribution in [-0.4, -0.2) is 21.4 Å². The van der Waals surface area contributed by atoms with E-state index in [2.05, 4.69) is 10.4 Å². The molecule has 0 bridgehead atoms. The second kappa shape index (κ2) is 3.69. The molecule has 1 atom stereocenters. The highest BCUT2D eigenvalue weighted by atomic mass is 32.1. The lowest BCUT2D eigenvalue weighted by molar-refractivity contribution is 0.164. The summed E-state index contributed by atoms with van der Waals surface area (Å²) < 4.78 is 1.92. The number of nitrogens with one attached hydrogen (secondary N) is 1. The third-order valence-electron chi connectivity index (χ3n) is 2.92. The van der Waals surface area contributed by atoms with Gasteiger partial charge < -0.3 is 10.4 Å². The van der Waals surface area contributed by atoms with Crippen LogP contribution in [0.5, 0.6) is 0 Å². The summed E-state index contributed by atoms with van der Waals surface area (Å²) >= 11 is 1.65. The Morgan fingerprint density at radius 2 is 2.50 bits per heavy atom. The second-order valence-corrected chi connectivity index (χ2v) is 4.88. The number of aromatic nitrogens is 2. The molecule has 0 aromatic carbocycles. The van der Waals surface area contributed by atoms with Crippen LogP contribution < -0.4 is 5.32 Å². The summed E-state index contributed by atoms with van der Waals surface area (Å²) in [7, 11) is 0. The maximum atomic E-state index is 9.94. The predicted octanol–water partition coefficient (Wildman–Crippen LogP) is 1.38. The van der Waals surface area contributed by atoms with Crippen LogP contribution in [0.4, 0.5) is 0 Å². The van der Waals surface area contributed by atoms with Crippen molar-refractivity contribution >= 4 is 11.3 Å². The van der Waals surface area contributed by atoms with E-state index in [0.29, 0.717) is 6.54 Å². The molecule has 3 rings (SSSR count). The maximum Gasteiger partial charge on any atom is 0.117 e. The van der Waals surface area contributed by atoms with Gasteiger partial charge in [-0.1, -0.05) is 0 Å². The summed E-state index contributed by atoms with van der Waals surface area (Å²) in [5, 5.41) is 20.8. The van der Waals surface area contributed by atoms with Crippen molar-refractivity contribution in [2.24, 2.45) is 0 Å². The quantitative estimate of drug-likeness (QED) is 0.785. The van der Waals surface area contributed by atoms with E-state index >= 15 is 0 Å². The van der Waals surface area contributed by atoms with Crippen LogP contribution in [0.1, 0.15) is 23.1 Å². The first-order valence-electron chi connectivity index (χ1n) is 5.28. The molecule has 3 heterocycles. The minimum absolute atomic E-state index is 0.433. The van der Waals surface area contributed by atoms with E-state index in [4.69, 9.17) is 0 Å². The fourth-order valence-electron chi connectivity index (χ4n) is 2.17. The molecule has 0 fully saturated rings. The highest BCUT2D eigenvalue weighted by molar-refractivity contribution is 7.12. The van der Waals surface area contributed by atoms with E-state index in [0.717, 1.165) is 28.5 Å². The van der Waals surface area contributed by atoms with Crippen LogP contribution in [0.2, 0.25) is 0 Å². The molecule has 0 saturated heterocycles. The number of thiophene rings is 1. The van der Waals surface area contributed by atoms with Crippen LogP contribution in [0.15, 0.2) is 17.5 Å². The monoisotopic (exact) mass is 235 g/mol. The first-order valence-corrected chi connectivity index (χ1v) is 6.16. The van der Waals surface area contributed by atoms with Gasteiger partial charge in [-0.3, -0.25) is 0 Å². The van der Waals surface area contributed by atoms with Gasteiger partial charge in [-0.25, -0.2) is 4.68 Å². The summed E-state index contributed by atoms with van der Waals surface area (Å²) in [6, 6.07) is 4.05. The SMILES string of the molecule is Cc1c2c(nn1-c1cccs1)CNCC2O. The van der Waals surface area contributed by atoms with E-state index in [1.807, 2.05) is 29.1 Å². The summed E-state index contributed by atoms with van der Waals surface area (Å²) in [5.74, 6) is 0. The number of nitrogens with zero attached hydrogens (tertiary/aromatic N) is 2. The van der Waals surface area contributed by atoms with Crippen molar-refractivity contribution in [3.05, 3.63) is 34.5 Å². The van der Waals surface area contributed by atoms with E-state index < -0.39 is 6.10 Å². The Balaban J connectivity index is 2.15. The molecule has 4 nitrogen and oxygen atoms in total. The Morgan fingerprint density at radius 1 is 1.62 bits per heavy atom. The third kappa shape index (κ3) is 1.40. The lowest BCUT2D eigenvalue weighted by Gasteiger charge is -2.18. The van der Waals surface area contributed by atoms with Gasteiger partial charge in [0.05, 0.1) is 11.8 Å². The van der Waals surface area contributed by atoms with E-state index in [1.54, 1.807) is 11.3 Å². The van der Waals surface area contributed by atoms with Crippen LogP contribution in [-0.2, 0) is 6.54 Å². The fourth-order valence-corrected chi connectivity index (χ4v) is 2.90. The zero-order valence-corrected chi connectivity index (χ0v) is 9.79. The van der Waals surface area contributed by atoms with Crippen molar-refractivity contribution in [2.75, 3.05) is 6.54 Å². The standard InChI is InChI=1S/C11H13N3OS/c1-7-11-8(5-12-6-9(11)15)13-14(7)10-3-2-4-16-10/h2-4,9,12,15H,5-6H2,1H3. The topological polar surface area (TPSA) is 50.1 Å². The number of rotatable bonds is 1. The molecule has 2 N–H and O–H groups in total. The average Bonchev–Trinajstić information content (AvgIpc) is 2.86. The van der Waals surface area contributed by atoms with Gasteiger partial charge in [0.2, 0.25) is 0 Å². The minimum atomic E-state index is -0.433. The van der Waals surface area contributed by atoms with Crippen molar-refractivity contribution in [3.8, 4) is 5.00 Å². The number of β-amino-alcohol motifs (C(OH)–C–C–N with tert-alkyl or cyclic N) is 1. The van der Waals surface area contributed by atoms with Crippen molar-refractivity contribution in [1.29, 1.82) is 0 Å².